The summed E-state index contributed by atoms with van der Waals surface area (Å²) in [7, 11) is 3.02. The molecule has 0 spiro atoms. The van der Waals surface area contributed by atoms with Gasteiger partial charge in [0.2, 0.25) is 0 Å². The summed E-state index contributed by atoms with van der Waals surface area (Å²) in [6, 6.07) is 15.2. The first-order chi connectivity index (χ1) is 24.5. The van der Waals surface area contributed by atoms with Crippen LogP contribution in [0.25, 0.3) is 0 Å². The number of phenols is 1. The van der Waals surface area contributed by atoms with Crippen LogP contribution in [-0.4, -0.2) is 67.1 Å². The Morgan fingerprint density at radius 1 is 1.02 bits per heavy atom. The standard InChI is InChI=1S/C38H39Cl2N3O8/c1-22-32(5-4-6-33(22)44)43(38(47)51-36-21-41-13-11-24(36)12-14-41)18-23-7-9-26(37(45)46)28(15-23)27(17-29-30(39)19-42(48)20-31(29)40)25-8-10-34(49-2)35(16-25)50-3/h4-10,15-16,19-20,24,27,36,44H,11-14,17-18,21H2,1-3H3,(H,45,46)/t27-,36-/m0/s1. The van der Waals surface area contributed by atoms with Crippen LogP contribution in [0.15, 0.2) is 67.0 Å². The maximum atomic E-state index is 14.1. The van der Waals surface area contributed by atoms with E-state index in [0.29, 0.717) is 56.3 Å². The number of methoxy groups -OCH3 is 2. The van der Waals surface area contributed by atoms with Gasteiger partial charge in [-0.1, -0.05) is 47.5 Å². The third-order valence-electron chi connectivity index (χ3n) is 9.97. The van der Waals surface area contributed by atoms with E-state index in [1.165, 1.54) is 37.6 Å². The minimum absolute atomic E-state index is 0.0127. The van der Waals surface area contributed by atoms with Gasteiger partial charge in [0, 0.05) is 23.6 Å². The molecule has 51 heavy (non-hydrogen) atoms. The Morgan fingerprint density at radius 2 is 1.73 bits per heavy atom. The monoisotopic (exact) mass is 735 g/mol. The largest absolute Gasteiger partial charge is 0.619 e. The van der Waals surface area contributed by atoms with Gasteiger partial charge in [-0.3, -0.25) is 9.80 Å². The lowest BCUT2D eigenvalue weighted by atomic mass is 9.82. The first-order valence-corrected chi connectivity index (χ1v) is 17.4. The van der Waals surface area contributed by atoms with Crippen molar-refractivity contribution in [2.24, 2.45) is 5.92 Å². The number of carbonyl (C=O) groups excluding carboxylic acids is 1. The molecule has 3 aromatic carbocycles. The van der Waals surface area contributed by atoms with Crippen molar-refractivity contribution in [1.29, 1.82) is 0 Å². The van der Waals surface area contributed by atoms with Crippen LogP contribution in [0.1, 0.15) is 56.9 Å². The molecule has 2 atom stereocenters. The molecule has 2 N–H and O–H groups in total. The minimum atomic E-state index is -1.16. The van der Waals surface area contributed by atoms with E-state index in [-0.39, 0.29) is 46.3 Å². The molecule has 4 heterocycles. The van der Waals surface area contributed by atoms with Gasteiger partial charge in [0.15, 0.2) is 23.9 Å². The van der Waals surface area contributed by atoms with Gasteiger partial charge in [0.05, 0.1) is 32.0 Å². The topological polar surface area (TPSA) is 136 Å². The van der Waals surface area contributed by atoms with E-state index >= 15 is 0 Å². The average molecular weight is 737 g/mol. The number of halogens is 2. The van der Waals surface area contributed by atoms with Gasteiger partial charge in [0.1, 0.15) is 21.9 Å². The number of ether oxygens (including phenoxy) is 3. The number of rotatable bonds is 11. The number of aromatic hydroxyl groups is 1. The highest BCUT2D eigenvalue weighted by Crippen LogP contribution is 2.40. The number of carboxylic acids is 1. The number of fused-ring (bicyclic) bond motifs is 3. The van der Waals surface area contributed by atoms with Crippen molar-refractivity contribution in [3.05, 3.63) is 116 Å². The molecule has 3 fully saturated rings. The molecule has 11 nitrogen and oxygen atoms in total. The smallest absolute Gasteiger partial charge is 0.414 e. The number of hydrogen-bond donors (Lipinski definition) is 2. The zero-order chi connectivity index (χ0) is 36.4. The second-order valence-corrected chi connectivity index (χ2v) is 13.8. The Kier molecular flexibility index (Phi) is 10.8. The summed E-state index contributed by atoms with van der Waals surface area (Å²) in [6.45, 7) is 4.39. The van der Waals surface area contributed by atoms with Crippen LogP contribution in [-0.2, 0) is 17.7 Å². The second-order valence-electron chi connectivity index (χ2n) is 13.0. The number of nitrogens with zero attached hydrogens (tertiary/aromatic N) is 3. The molecule has 0 aliphatic carbocycles. The molecule has 7 rings (SSSR count). The van der Waals surface area contributed by atoms with E-state index in [9.17, 15) is 25.0 Å². The second kappa shape index (κ2) is 15.3. The number of pyridine rings is 1. The lowest BCUT2D eigenvalue weighted by Crippen LogP contribution is -2.53. The summed E-state index contributed by atoms with van der Waals surface area (Å²) in [5.74, 6) is -0.608. The zero-order valence-electron chi connectivity index (χ0n) is 28.5. The van der Waals surface area contributed by atoms with Gasteiger partial charge in [0.25, 0.3) is 0 Å². The summed E-state index contributed by atoms with van der Waals surface area (Å²) in [6.07, 6.45) is 3.62. The molecule has 3 aliphatic heterocycles. The van der Waals surface area contributed by atoms with Gasteiger partial charge in [-0.05, 0) is 92.2 Å². The number of carboxylic acid groups (broad SMARTS) is 1. The van der Waals surface area contributed by atoms with Crippen LogP contribution in [0.3, 0.4) is 0 Å². The van der Waals surface area contributed by atoms with Crippen LogP contribution in [0, 0.1) is 18.0 Å². The summed E-state index contributed by atoms with van der Waals surface area (Å²) < 4.78 is 17.7. The van der Waals surface area contributed by atoms with E-state index in [1.807, 2.05) is 0 Å². The van der Waals surface area contributed by atoms with Gasteiger partial charge >= 0.3 is 12.1 Å². The van der Waals surface area contributed by atoms with Crippen molar-refractivity contribution < 1.29 is 38.7 Å². The number of amides is 1. The van der Waals surface area contributed by atoms with E-state index in [2.05, 4.69) is 4.90 Å². The third kappa shape index (κ3) is 7.66. The van der Waals surface area contributed by atoms with Crippen molar-refractivity contribution in [3.63, 3.8) is 0 Å². The zero-order valence-corrected chi connectivity index (χ0v) is 30.0. The van der Waals surface area contributed by atoms with E-state index in [1.54, 1.807) is 55.5 Å². The van der Waals surface area contributed by atoms with Crippen molar-refractivity contribution in [3.8, 4) is 17.2 Å². The first-order valence-electron chi connectivity index (χ1n) is 16.6. The molecule has 4 aromatic rings. The number of anilines is 1. The summed E-state index contributed by atoms with van der Waals surface area (Å²) in [5.41, 5.74) is 3.13. The fourth-order valence-electron chi connectivity index (χ4n) is 7.17. The number of benzene rings is 3. The summed E-state index contributed by atoms with van der Waals surface area (Å²) >= 11 is 13.1. The molecule has 3 saturated heterocycles. The minimum Gasteiger partial charge on any atom is -0.619 e. The SMILES string of the molecule is COc1ccc([C@H](Cc2c(Cl)c[n+]([O-])cc2Cl)c2cc(CN(C(=O)O[C@H]3CN4CCC3CC4)c3cccc(O)c3C)ccc2C(=O)O)cc1OC. The van der Waals surface area contributed by atoms with Crippen LogP contribution in [0.2, 0.25) is 10.0 Å². The predicted octanol–water partition coefficient (Wildman–Crippen LogP) is 6.97. The van der Waals surface area contributed by atoms with Crippen LogP contribution < -0.4 is 19.1 Å². The normalized spacial score (nSPS) is 18.6. The van der Waals surface area contributed by atoms with Gasteiger partial charge < -0.3 is 29.6 Å². The Hall–Kier alpha value is -4.71. The number of phenolic OH excluding ortho intramolecular Hbond substituents is 1. The Balaban J connectivity index is 1.44. The number of piperidine rings is 3. The van der Waals surface area contributed by atoms with E-state index in [4.69, 9.17) is 37.4 Å². The van der Waals surface area contributed by atoms with Gasteiger partial charge in [-0.25, -0.2) is 9.59 Å². The molecule has 13 heteroatoms. The summed E-state index contributed by atoms with van der Waals surface area (Å²) in [5, 5.41) is 33.4. The molecule has 0 radical (unpaired) electrons. The highest BCUT2D eigenvalue weighted by Gasteiger charge is 2.38. The average Bonchev–Trinajstić information content (AvgIpc) is 3.11. The number of carbonyl (C=O) groups is 2. The van der Waals surface area contributed by atoms with Gasteiger partial charge in [-0.2, -0.15) is 4.73 Å². The quantitative estimate of drug-likeness (QED) is 0.124. The van der Waals surface area contributed by atoms with E-state index < -0.39 is 18.0 Å². The van der Waals surface area contributed by atoms with Crippen molar-refractivity contribution in [2.75, 3.05) is 38.8 Å². The lowest BCUT2D eigenvalue weighted by Gasteiger charge is -2.44. The Bertz CT molecular complexity index is 1930. The molecule has 268 valence electrons. The Morgan fingerprint density at radius 3 is 2.35 bits per heavy atom. The lowest BCUT2D eigenvalue weighted by molar-refractivity contribution is -0.605. The molecule has 3 aliphatic rings. The predicted molar refractivity (Wildman–Crippen MR) is 192 cm³/mol. The van der Waals surface area contributed by atoms with Crippen LogP contribution >= 0.6 is 23.2 Å². The first kappa shape index (κ1) is 36.1. The molecule has 1 aromatic heterocycles. The number of hydrogen-bond acceptors (Lipinski definition) is 8. The van der Waals surface area contributed by atoms with Gasteiger partial charge in [-0.15, -0.1) is 0 Å². The molecule has 1 amide bonds. The molecule has 0 saturated carbocycles. The molecule has 0 unspecified atom stereocenters. The van der Waals surface area contributed by atoms with Crippen molar-refractivity contribution in [2.45, 2.75) is 44.8 Å². The summed E-state index contributed by atoms with van der Waals surface area (Å²) in [4.78, 5) is 30.6. The van der Waals surface area contributed by atoms with Crippen molar-refractivity contribution >= 4 is 41.0 Å². The highest BCUT2D eigenvalue weighted by molar-refractivity contribution is 6.35. The molecular weight excluding hydrogens is 697 g/mol. The molecule has 2 bridgehead atoms. The third-order valence-corrected chi connectivity index (χ3v) is 10.6. The Labute approximate surface area is 306 Å². The molecular formula is C38H39Cl2N3O8. The van der Waals surface area contributed by atoms with Crippen LogP contribution in [0.5, 0.6) is 17.2 Å². The maximum Gasteiger partial charge on any atom is 0.414 e. The van der Waals surface area contributed by atoms with E-state index in [0.717, 1.165) is 25.9 Å². The number of aromatic carboxylic acids is 1. The van der Waals surface area contributed by atoms with Crippen LogP contribution in [0.4, 0.5) is 10.5 Å². The fraction of sp³-hybridized carbons (Fsp3) is 0.342. The highest BCUT2D eigenvalue weighted by atomic mass is 35.5. The maximum absolute atomic E-state index is 14.1. The van der Waals surface area contributed by atoms with Crippen molar-refractivity contribution in [1.82, 2.24) is 4.90 Å². The fourth-order valence-corrected chi connectivity index (χ4v) is 7.77. The number of aromatic nitrogens is 1.